The lowest BCUT2D eigenvalue weighted by Gasteiger charge is -2.05. The number of hydrogen-bond donors (Lipinski definition) is 2. The molecule has 0 unspecified atom stereocenters. The van der Waals surface area contributed by atoms with Gasteiger partial charge in [0.1, 0.15) is 0 Å². The summed E-state index contributed by atoms with van der Waals surface area (Å²) >= 11 is 7.66. The number of carbonyl (C=O) groups is 1. The van der Waals surface area contributed by atoms with E-state index in [2.05, 4.69) is 20.3 Å². The van der Waals surface area contributed by atoms with Crippen molar-refractivity contribution in [3.8, 4) is 11.4 Å². The molecule has 5 nitrogen and oxygen atoms in total. The Labute approximate surface area is 171 Å². The van der Waals surface area contributed by atoms with E-state index in [9.17, 15) is 4.79 Å². The quantitative estimate of drug-likeness (QED) is 0.434. The highest BCUT2D eigenvalue weighted by atomic mass is 35.5. The number of nitrogens with zero attached hydrogens (tertiary/aromatic N) is 2. The molecule has 1 amide bonds. The maximum Gasteiger partial charge on any atom is 0.226 e. The van der Waals surface area contributed by atoms with Gasteiger partial charge in [0.05, 0.1) is 17.1 Å². The molecule has 4 rings (SSSR count). The van der Waals surface area contributed by atoms with Crippen molar-refractivity contribution >= 4 is 44.9 Å². The van der Waals surface area contributed by atoms with Crippen molar-refractivity contribution in [2.45, 2.75) is 26.2 Å². The van der Waals surface area contributed by atoms with Crippen molar-refractivity contribution in [2.75, 3.05) is 5.32 Å². The average Bonchev–Trinajstić information content (AvgIpc) is 3.26. The molecule has 3 heterocycles. The number of pyridine rings is 1. The summed E-state index contributed by atoms with van der Waals surface area (Å²) in [5.41, 5.74) is 4.93. The van der Waals surface area contributed by atoms with Crippen molar-refractivity contribution in [1.29, 1.82) is 0 Å². The van der Waals surface area contributed by atoms with Crippen LogP contribution < -0.4 is 5.32 Å². The molecule has 28 heavy (non-hydrogen) atoms. The standard InChI is InChI=1S/C21H19ClN4OS/c1-13-12-28-21(24-13)26-19(27)7-4-5-15-16-11-14(22)8-9-17(16)25-20(15)18-6-2-3-10-23-18/h2-3,6,8-12,25H,4-5,7H2,1H3,(H,24,26,27). The number of rotatable bonds is 6. The van der Waals surface area contributed by atoms with E-state index in [1.807, 2.05) is 48.7 Å². The van der Waals surface area contributed by atoms with Crippen LogP contribution in [-0.4, -0.2) is 20.9 Å². The van der Waals surface area contributed by atoms with Crippen LogP contribution in [0.25, 0.3) is 22.3 Å². The first-order valence-corrected chi connectivity index (χ1v) is 10.3. The predicted molar refractivity (Wildman–Crippen MR) is 115 cm³/mol. The van der Waals surface area contributed by atoms with Gasteiger partial charge in [-0.25, -0.2) is 4.98 Å². The van der Waals surface area contributed by atoms with Gasteiger partial charge in [-0.2, -0.15) is 0 Å². The molecular weight excluding hydrogens is 392 g/mol. The Morgan fingerprint density at radius 1 is 1.29 bits per heavy atom. The second-order valence-electron chi connectivity index (χ2n) is 6.58. The Kier molecular flexibility index (Phi) is 5.41. The molecule has 2 N–H and O–H groups in total. The fraction of sp³-hybridized carbons (Fsp3) is 0.190. The van der Waals surface area contributed by atoms with E-state index >= 15 is 0 Å². The van der Waals surface area contributed by atoms with Gasteiger partial charge < -0.3 is 10.3 Å². The summed E-state index contributed by atoms with van der Waals surface area (Å²) in [4.78, 5) is 24.4. The number of nitrogens with one attached hydrogen (secondary N) is 2. The van der Waals surface area contributed by atoms with Crippen molar-refractivity contribution in [3.63, 3.8) is 0 Å². The largest absolute Gasteiger partial charge is 0.353 e. The zero-order chi connectivity index (χ0) is 19.5. The van der Waals surface area contributed by atoms with E-state index in [1.165, 1.54) is 11.3 Å². The number of halogens is 1. The molecule has 7 heteroatoms. The molecule has 0 saturated heterocycles. The molecular formula is C21H19ClN4OS. The normalized spacial score (nSPS) is 11.1. The minimum atomic E-state index is -0.0217. The molecule has 0 saturated carbocycles. The molecule has 0 radical (unpaired) electrons. The Morgan fingerprint density at radius 2 is 2.18 bits per heavy atom. The third-order valence-corrected chi connectivity index (χ3v) is 5.60. The lowest BCUT2D eigenvalue weighted by atomic mass is 10.0. The van der Waals surface area contributed by atoms with Gasteiger partial charge in [0.15, 0.2) is 5.13 Å². The van der Waals surface area contributed by atoms with Gasteiger partial charge in [0.25, 0.3) is 0 Å². The highest BCUT2D eigenvalue weighted by Crippen LogP contribution is 2.32. The first-order valence-electron chi connectivity index (χ1n) is 9.03. The third kappa shape index (κ3) is 4.08. The molecule has 0 spiro atoms. The monoisotopic (exact) mass is 410 g/mol. The number of fused-ring (bicyclic) bond motifs is 1. The molecule has 0 aliphatic heterocycles. The number of anilines is 1. The van der Waals surface area contributed by atoms with Crippen LogP contribution in [0.5, 0.6) is 0 Å². The molecule has 0 aliphatic rings. The zero-order valence-electron chi connectivity index (χ0n) is 15.3. The highest BCUT2D eigenvalue weighted by molar-refractivity contribution is 7.13. The van der Waals surface area contributed by atoms with Gasteiger partial charge in [-0.05, 0) is 55.7 Å². The summed E-state index contributed by atoms with van der Waals surface area (Å²) in [6, 6.07) is 11.7. The van der Waals surface area contributed by atoms with Crippen LogP contribution in [0.2, 0.25) is 5.02 Å². The Balaban J connectivity index is 1.53. The summed E-state index contributed by atoms with van der Waals surface area (Å²) in [6.07, 6.45) is 3.67. The van der Waals surface area contributed by atoms with E-state index < -0.39 is 0 Å². The minimum Gasteiger partial charge on any atom is -0.353 e. The fourth-order valence-electron chi connectivity index (χ4n) is 3.23. The summed E-state index contributed by atoms with van der Waals surface area (Å²) in [5, 5.41) is 7.20. The van der Waals surface area contributed by atoms with Gasteiger partial charge in [-0.3, -0.25) is 9.78 Å². The van der Waals surface area contributed by atoms with Gasteiger partial charge in [0, 0.05) is 33.9 Å². The van der Waals surface area contributed by atoms with Gasteiger partial charge >= 0.3 is 0 Å². The summed E-state index contributed by atoms with van der Waals surface area (Å²) in [6.45, 7) is 1.91. The fourth-order valence-corrected chi connectivity index (χ4v) is 4.10. The third-order valence-electron chi connectivity index (χ3n) is 4.49. The Morgan fingerprint density at radius 3 is 2.93 bits per heavy atom. The number of carbonyl (C=O) groups excluding carboxylic acids is 1. The van der Waals surface area contributed by atoms with Crippen molar-refractivity contribution in [2.24, 2.45) is 0 Å². The number of benzene rings is 1. The number of hydrogen-bond acceptors (Lipinski definition) is 4. The lowest BCUT2D eigenvalue weighted by Crippen LogP contribution is -2.11. The highest BCUT2D eigenvalue weighted by Gasteiger charge is 2.15. The maximum atomic E-state index is 12.2. The Hall–Kier alpha value is -2.70. The van der Waals surface area contributed by atoms with E-state index in [0.717, 1.165) is 46.4 Å². The van der Waals surface area contributed by atoms with E-state index in [1.54, 1.807) is 6.20 Å². The molecule has 0 fully saturated rings. The second-order valence-corrected chi connectivity index (χ2v) is 7.87. The van der Waals surface area contributed by atoms with E-state index in [-0.39, 0.29) is 5.91 Å². The Bertz CT molecular complexity index is 1120. The SMILES string of the molecule is Cc1csc(NC(=O)CCCc2c(-c3ccccn3)[nH]c3ccc(Cl)cc23)n1. The second kappa shape index (κ2) is 8.12. The van der Waals surface area contributed by atoms with Crippen LogP contribution in [0.3, 0.4) is 0 Å². The van der Waals surface area contributed by atoms with Crippen LogP contribution in [0, 0.1) is 6.92 Å². The molecule has 0 aliphatic carbocycles. The zero-order valence-corrected chi connectivity index (χ0v) is 16.9. The summed E-state index contributed by atoms with van der Waals surface area (Å²) in [5.74, 6) is -0.0217. The molecule has 0 atom stereocenters. The maximum absolute atomic E-state index is 12.2. The lowest BCUT2D eigenvalue weighted by molar-refractivity contribution is -0.116. The van der Waals surface area contributed by atoms with Crippen LogP contribution in [0.4, 0.5) is 5.13 Å². The van der Waals surface area contributed by atoms with Crippen LogP contribution >= 0.6 is 22.9 Å². The van der Waals surface area contributed by atoms with Crippen molar-refractivity contribution in [1.82, 2.24) is 15.0 Å². The first-order chi connectivity index (χ1) is 13.6. The number of aromatic nitrogens is 3. The van der Waals surface area contributed by atoms with Crippen molar-refractivity contribution < 1.29 is 4.79 Å². The summed E-state index contributed by atoms with van der Waals surface area (Å²) < 4.78 is 0. The van der Waals surface area contributed by atoms with Crippen LogP contribution in [0.15, 0.2) is 48.0 Å². The number of amides is 1. The van der Waals surface area contributed by atoms with Crippen LogP contribution in [0.1, 0.15) is 24.1 Å². The first kappa shape index (κ1) is 18.7. The van der Waals surface area contributed by atoms with Gasteiger partial charge in [0.2, 0.25) is 5.91 Å². The number of aryl methyl sites for hydroxylation is 2. The minimum absolute atomic E-state index is 0.0217. The topological polar surface area (TPSA) is 70.7 Å². The summed E-state index contributed by atoms with van der Waals surface area (Å²) in [7, 11) is 0. The molecule has 1 aromatic carbocycles. The molecule has 0 bridgehead atoms. The van der Waals surface area contributed by atoms with Crippen LogP contribution in [-0.2, 0) is 11.2 Å². The van der Waals surface area contributed by atoms with E-state index in [0.29, 0.717) is 16.6 Å². The smallest absolute Gasteiger partial charge is 0.226 e. The van der Waals surface area contributed by atoms with Gasteiger partial charge in [-0.15, -0.1) is 11.3 Å². The van der Waals surface area contributed by atoms with Crippen molar-refractivity contribution in [3.05, 3.63) is 64.3 Å². The predicted octanol–water partition coefficient (Wildman–Crippen LogP) is 5.61. The molecule has 3 aromatic heterocycles. The number of thiazole rings is 1. The molecule has 4 aromatic rings. The van der Waals surface area contributed by atoms with E-state index in [4.69, 9.17) is 11.6 Å². The number of H-pyrrole nitrogens is 1. The van der Waals surface area contributed by atoms with Gasteiger partial charge in [-0.1, -0.05) is 17.7 Å². The molecule has 142 valence electrons. The number of aromatic amines is 1. The average molecular weight is 411 g/mol.